The van der Waals surface area contributed by atoms with E-state index in [9.17, 15) is 4.79 Å². The third kappa shape index (κ3) is 8.32. The Morgan fingerprint density at radius 3 is 2.29 bits per heavy atom. The van der Waals surface area contributed by atoms with Crippen LogP contribution >= 0.6 is 12.4 Å². The second-order valence-corrected chi connectivity index (χ2v) is 3.92. The minimum atomic E-state index is -0.856. The van der Waals surface area contributed by atoms with Crippen LogP contribution in [0.3, 0.4) is 0 Å². The van der Waals surface area contributed by atoms with Gasteiger partial charge in [0.05, 0.1) is 6.61 Å². The molecule has 86 valence electrons. The van der Waals surface area contributed by atoms with Crippen LogP contribution in [-0.4, -0.2) is 18.1 Å². The Morgan fingerprint density at radius 2 is 1.86 bits per heavy atom. The van der Waals surface area contributed by atoms with Crippen molar-refractivity contribution in [3.63, 3.8) is 0 Å². The number of carbonyl (C=O) groups excluding carboxylic acids is 1. The number of ether oxygens (including phenoxy) is 1. The second-order valence-electron chi connectivity index (χ2n) is 3.92. The van der Waals surface area contributed by atoms with Crippen LogP contribution in [0.15, 0.2) is 0 Å². The Balaban J connectivity index is 0. The summed E-state index contributed by atoms with van der Waals surface area (Å²) in [4.78, 5) is 11.2. The Morgan fingerprint density at radius 1 is 1.29 bits per heavy atom. The van der Waals surface area contributed by atoms with E-state index in [0.29, 0.717) is 6.61 Å². The lowest BCUT2D eigenvalue weighted by Crippen LogP contribution is -2.42. The molecule has 0 aromatic heterocycles. The Kier molecular flexibility index (Phi) is 9.31. The number of esters is 1. The zero-order chi connectivity index (χ0) is 10.3. The predicted octanol–water partition coefficient (Wildman–Crippen LogP) is 2.27. The van der Waals surface area contributed by atoms with Crippen molar-refractivity contribution in [3.05, 3.63) is 0 Å². The lowest BCUT2D eigenvalue weighted by molar-refractivity contribution is -0.148. The molecular weight excluding hydrogens is 202 g/mol. The first-order valence-corrected chi connectivity index (χ1v) is 4.94. The van der Waals surface area contributed by atoms with E-state index in [1.165, 1.54) is 12.8 Å². The maximum atomic E-state index is 11.2. The molecule has 0 aliphatic carbocycles. The predicted molar refractivity (Wildman–Crippen MR) is 60.6 cm³/mol. The van der Waals surface area contributed by atoms with Crippen molar-refractivity contribution in [2.75, 3.05) is 6.61 Å². The number of carbonyl (C=O) groups is 1. The average Bonchev–Trinajstić information content (AvgIpc) is 2.02. The maximum absolute atomic E-state index is 11.2. The Bertz CT molecular complexity index is 155. The second kappa shape index (κ2) is 8.06. The standard InChI is InChI=1S/C10H21NO2.ClH/c1-4-5-6-7-8-13-9(12)10(2,3)11;/h4-8,11H2,1-3H3;1H. The van der Waals surface area contributed by atoms with Crippen molar-refractivity contribution in [2.45, 2.75) is 52.0 Å². The summed E-state index contributed by atoms with van der Waals surface area (Å²) >= 11 is 0. The highest BCUT2D eigenvalue weighted by molar-refractivity contribution is 5.85. The third-order valence-corrected chi connectivity index (χ3v) is 1.76. The highest BCUT2D eigenvalue weighted by Gasteiger charge is 2.23. The molecule has 0 heterocycles. The monoisotopic (exact) mass is 223 g/mol. The Hall–Kier alpha value is -0.280. The smallest absolute Gasteiger partial charge is 0.325 e. The summed E-state index contributed by atoms with van der Waals surface area (Å²) in [5, 5.41) is 0. The highest BCUT2D eigenvalue weighted by atomic mass is 35.5. The fourth-order valence-electron chi connectivity index (χ4n) is 0.880. The summed E-state index contributed by atoms with van der Waals surface area (Å²) in [7, 11) is 0. The van der Waals surface area contributed by atoms with E-state index in [2.05, 4.69) is 6.92 Å². The average molecular weight is 224 g/mol. The topological polar surface area (TPSA) is 52.3 Å². The Labute approximate surface area is 92.8 Å². The van der Waals surface area contributed by atoms with Gasteiger partial charge in [-0.2, -0.15) is 0 Å². The first kappa shape index (κ1) is 16.2. The molecule has 0 unspecified atom stereocenters. The van der Waals surface area contributed by atoms with Crippen molar-refractivity contribution < 1.29 is 9.53 Å². The molecule has 3 nitrogen and oxygen atoms in total. The van der Waals surface area contributed by atoms with E-state index in [1.54, 1.807) is 13.8 Å². The summed E-state index contributed by atoms with van der Waals surface area (Å²) in [6.45, 7) is 5.96. The molecule has 0 saturated heterocycles. The van der Waals surface area contributed by atoms with Crippen molar-refractivity contribution >= 4 is 18.4 Å². The van der Waals surface area contributed by atoms with Gasteiger partial charge in [-0.05, 0) is 20.3 Å². The zero-order valence-corrected chi connectivity index (χ0v) is 10.2. The molecule has 0 aliphatic heterocycles. The van der Waals surface area contributed by atoms with Crippen LogP contribution in [0.5, 0.6) is 0 Å². The number of hydrogen-bond donors (Lipinski definition) is 1. The van der Waals surface area contributed by atoms with Gasteiger partial charge in [-0.1, -0.05) is 26.2 Å². The van der Waals surface area contributed by atoms with Gasteiger partial charge in [0.25, 0.3) is 0 Å². The van der Waals surface area contributed by atoms with E-state index < -0.39 is 5.54 Å². The maximum Gasteiger partial charge on any atom is 0.325 e. The van der Waals surface area contributed by atoms with Gasteiger partial charge in [0.15, 0.2) is 0 Å². The summed E-state index contributed by atoms with van der Waals surface area (Å²) in [5.74, 6) is -0.316. The summed E-state index contributed by atoms with van der Waals surface area (Å²) in [6.07, 6.45) is 4.45. The fraction of sp³-hybridized carbons (Fsp3) is 0.900. The molecule has 0 saturated carbocycles. The molecule has 0 fully saturated rings. The van der Waals surface area contributed by atoms with Crippen molar-refractivity contribution in [2.24, 2.45) is 5.73 Å². The van der Waals surface area contributed by atoms with Crippen LogP contribution in [0.2, 0.25) is 0 Å². The number of nitrogens with two attached hydrogens (primary N) is 1. The van der Waals surface area contributed by atoms with Gasteiger partial charge >= 0.3 is 5.97 Å². The summed E-state index contributed by atoms with van der Waals surface area (Å²) in [6, 6.07) is 0. The van der Waals surface area contributed by atoms with Gasteiger partial charge in [0.1, 0.15) is 5.54 Å². The van der Waals surface area contributed by atoms with E-state index >= 15 is 0 Å². The largest absolute Gasteiger partial charge is 0.464 e. The molecule has 4 heteroatoms. The molecule has 0 aliphatic rings. The zero-order valence-electron chi connectivity index (χ0n) is 9.34. The molecule has 0 rings (SSSR count). The molecule has 0 spiro atoms. The number of hydrogen-bond acceptors (Lipinski definition) is 3. The minimum Gasteiger partial charge on any atom is -0.464 e. The normalized spacial score (nSPS) is 10.6. The summed E-state index contributed by atoms with van der Waals surface area (Å²) in [5.41, 5.74) is 4.69. The van der Waals surface area contributed by atoms with E-state index in [-0.39, 0.29) is 18.4 Å². The van der Waals surface area contributed by atoms with Gasteiger partial charge in [-0.25, -0.2) is 0 Å². The lowest BCUT2D eigenvalue weighted by Gasteiger charge is -2.16. The molecule has 0 aromatic carbocycles. The van der Waals surface area contributed by atoms with Crippen LogP contribution in [0.25, 0.3) is 0 Å². The van der Waals surface area contributed by atoms with Gasteiger partial charge < -0.3 is 10.5 Å². The molecule has 0 atom stereocenters. The minimum absolute atomic E-state index is 0. The molecule has 0 bridgehead atoms. The molecule has 2 N–H and O–H groups in total. The van der Waals surface area contributed by atoms with Gasteiger partial charge in [0, 0.05) is 0 Å². The van der Waals surface area contributed by atoms with Crippen LogP contribution in [0.1, 0.15) is 46.5 Å². The van der Waals surface area contributed by atoms with Gasteiger partial charge in [0.2, 0.25) is 0 Å². The van der Waals surface area contributed by atoms with Crippen LogP contribution in [-0.2, 0) is 9.53 Å². The van der Waals surface area contributed by atoms with E-state index in [4.69, 9.17) is 10.5 Å². The van der Waals surface area contributed by atoms with Crippen LogP contribution in [0.4, 0.5) is 0 Å². The molecule has 0 aromatic rings. The number of unbranched alkanes of at least 4 members (excludes halogenated alkanes) is 3. The third-order valence-electron chi connectivity index (χ3n) is 1.76. The van der Waals surface area contributed by atoms with E-state index in [1.807, 2.05) is 0 Å². The van der Waals surface area contributed by atoms with Crippen molar-refractivity contribution in [1.82, 2.24) is 0 Å². The van der Waals surface area contributed by atoms with Gasteiger partial charge in [-0.15, -0.1) is 12.4 Å². The molecule has 0 amide bonds. The van der Waals surface area contributed by atoms with Crippen molar-refractivity contribution in [3.8, 4) is 0 Å². The van der Waals surface area contributed by atoms with E-state index in [0.717, 1.165) is 12.8 Å². The number of halogens is 1. The summed E-state index contributed by atoms with van der Waals surface area (Å²) < 4.78 is 4.99. The molecule has 0 radical (unpaired) electrons. The van der Waals surface area contributed by atoms with Crippen LogP contribution < -0.4 is 5.73 Å². The lowest BCUT2D eigenvalue weighted by atomic mass is 10.1. The fourth-order valence-corrected chi connectivity index (χ4v) is 0.880. The SMILES string of the molecule is CCCCCCOC(=O)C(C)(C)N.Cl. The number of rotatable bonds is 6. The van der Waals surface area contributed by atoms with Crippen molar-refractivity contribution in [1.29, 1.82) is 0 Å². The van der Waals surface area contributed by atoms with Gasteiger partial charge in [-0.3, -0.25) is 4.79 Å². The first-order chi connectivity index (χ1) is 5.98. The first-order valence-electron chi connectivity index (χ1n) is 4.94. The molecule has 14 heavy (non-hydrogen) atoms. The highest BCUT2D eigenvalue weighted by Crippen LogP contribution is 2.03. The molecular formula is C10H22ClNO2. The van der Waals surface area contributed by atoms with Crippen LogP contribution in [0, 0.1) is 0 Å². The quantitative estimate of drug-likeness (QED) is 0.555.